The highest BCUT2D eigenvalue weighted by molar-refractivity contribution is 5.01. The molecule has 0 bridgehead atoms. The molecule has 0 fully saturated rings. The molecule has 1 heterocycles. The van der Waals surface area contributed by atoms with E-state index in [1.807, 2.05) is 19.4 Å². The van der Waals surface area contributed by atoms with Gasteiger partial charge in [-0.2, -0.15) is 0 Å². The molecule has 1 aromatic heterocycles. The van der Waals surface area contributed by atoms with Crippen molar-refractivity contribution in [3.05, 3.63) is 23.8 Å². The Morgan fingerprint density at radius 1 is 1.27 bits per heavy atom. The summed E-state index contributed by atoms with van der Waals surface area (Å²) in [5.74, 6) is 0. The second kappa shape index (κ2) is 4.03. The zero-order chi connectivity index (χ0) is 8.10. The van der Waals surface area contributed by atoms with Gasteiger partial charge in [0.15, 0.2) is 0 Å². The van der Waals surface area contributed by atoms with Gasteiger partial charge in [0.05, 0.1) is 11.4 Å². The standard InChI is InChI=1S/C8H13N3/c1-3-7-5-11-8(4-9-2)6-10-7/h5-6,9H,3-4H2,1-2H3. The second-order valence-electron chi connectivity index (χ2n) is 2.38. The minimum absolute atomic E-state index is 0.789. The van der Waals surface area contributed by atoms with Gasteiger partial charge in [-0.25, -0.2) is 0 Å². The number of nitrogens with zero attached hydrogens (tertiary/aromatic N) is 2. The van der Waals surface area contributed by atoms with Crippen LogP contribution < -0.4 is 5.32 Å². The molecular weight excluding hydrogens is 138 g/mol. The second-order valence-corrected chi connectivity index (χ2v) is 2.38. The first kappa shape index (κ1) is 8.14. The van der Waals surface area contributed by atoms with Gasteiger partial charge in [0.1, 0.15) is 0 Å². The highest BCUT2D eigenvalue weighted by Gasteiger charge is 1.92. The summed E-state index contributed by atoms with van der Waals surface area (Å²) in [5.41, 5.74) is 2.04. The zero-order valence-corrected chi connectivity index (χ0v) is 6.96. The smallest absolute Gasteiger partial charge is 0.0724 e. The average Bonchev–Trinajstić information content (AvgIpc) is 2.07. The first-order chi connectivity index (χ1) is 5.36. The number of rotatable bonds is 3. The monoisotopic (exact) mass is 151 g/mol. The van der Waals surface area contributed by atoms with E-state index < -0.39 is 0 Å². The minimum atomic E-state index is 0.789. The summed E-state index contributed by atoms with van der Waals surface area (Å²) in [7, 11) is 1.90. The van der Waals surface area contributed by atoms with Crippen LogP contribution in [0.4, 0.5) is 0 Å². The van der Waals surface area contributed by atoms with E-state index >= 15 is 0 Å². The fourth-order valence-corrected chi connectivity index (χ4v) is 0.836. The number of nitrogens with one attached hydrogen (secondary N) is 1. The Hall–Kier alpha value is -0.960. The molecule has 0 unspecified atom stereocenters. The van der Waals surface area contributed by atoms with Crippen molar-refractivity contribution in [3.63, 3.8) is 0 Å². The van der Waals surface area contributed by atoms with Crippen LogP contribution in [-0.2, 0) is 13.0 Å². The summed E-state index contributed by atoms with van der Waals surface area (Å²) in [6, 6.07) is 0. The molecule has 3 nitrogen and oxygen atoms in total. The van der Waals surface area contributed by atoms with Crippen LogP contribution in [0.5, 0.6) is 0 Å². The molecule has 0 aromatic carbocycles. The van der Waals surface area contributed by atoms with Gasteiger partial charge in [0, 0.05) is 18.9 Å². The SMILES string of the molecule is CCc1cnc(CNC)cn1. The Balaban J connectivity index is 2.66. The lowest BCUT2D eigenvalue weighted by Gasteiger charge is -1.98. The van der Waals surface area contributed by atoms with Crippen molar-refractivity contribution in [1.29, 1.82) is 0 Å². The first-order valence-electron chi connectivity index (χ1n) is 3.81. The average molecular weight is 151 g/mol. The number of aryl methyl sites for hydroxylation is 1. The van der Waals surface area contributed by atoms with Crippen molar-refractivity contribution < 1.29 is 0 Å². The van der Waals surface area contributed by atoms with Crippen LogP contribution in [0.25, 0.3) is 0 Å². The summed E-state index contributed by atoms with van der Waals surface area (Å²) in [5, 5.41) is 3.02. The lowest BCUT2D eigenvalue weighted by molar-refractivity contribution is 0.778. The third-order valence-electron chi connectivity index (χ3n) is 1.48. The Morgan fingerprint density at radius 2 is 1.91 bits per heavy atom. The molecule has 0 aliphatic rings. The molecule has 1 N–H and O–H groups in total. The van der Waals surface area contributed by atoms with Crippen molar-refractivity contribution in [2.24, 2.45) is 0 Å². The molecule has 0 saturated heterocycles. The Bertz CT molecular complexity index is 205. The summed E-state index contributed by atoms with van der Waals surface area (Å²) in [6.07, 6.45) is 4.59. The van der Waals surface area contributed by atoms with E-state index in [1.165, 1.54) is 0 Å². The van der Waals surface area contributed by atoms with Crippen LogP contribution in [-0.4, -0.2) is 17.0 Å². The van der Waals surface area contributed by atoms with Crippen molar-refractivity contribution in [3.8, 4) is 0 Å². The fraction of sp³-hybridized carbons (Fsp3) is 0.500. The Morgan fingerprint density at radius 3 is 2.36 bits per heavy atom. The molecule has 0 aliphatic carbocycles. The molecular formula is C8H13N3. The molecule has 0 saturated carbocycles. The van der Waals surface area contributed by atoms with E-state index in [9.17, 15) is 0 Å². The predicted molar refractivity (Wildman–Crippen MR) is 44.2 cm³/mol. The van der Waals surface area contributed by atoms with Gasteiger partial charge in [0.2, 0.25) is 0 Å². The molecule has 0 atom stereocenters. The van der Waals surface area contributed by atoms with E-state index in [2.05, 4.69) is 22.2 Å². The van der Waals surface area contributed by atoms with E-state index in [0.717, 1.165) is 24.4 Å². The molecule has 0 radical (unpaired) electrons. The summed E-state index contributed by atoms with van der Waals surface area (Å²) in [6.45, 7) is 2.86. The van der Waals surface area contributed by atoms with E-state index in [4.69, 9.17) is 0 Å². The summed E-state index contributed by atoms with van der Waals surface area (Å²) >= 11 is 0. The maximum absolute atomic E-state index is 4.21. The molecule has 0 aliphatic heterocycles. The molecule has 60 valence electrons. The van der Waals surface area contributed by atoms with Gasteiger partial charge >= 0.3 is 0 Å². The van der Waals surface area contributed by atoms with E-state index in [-0.39, 0.29) is 0 Å². The van der Waals surface area contributed by atoms with Crippen LogP contribution in [0, 0.1) is 0 Å². The Kier molecular flexibility index (Phi) is 2.98. The van der Waals surface area contributed by atoms with Gasteiger partial charge in [-0.05, 0) is 13.5 Å². The van der Waals surface area contributed by atoms with Crippen LogP contribution in [0.15, 0.2) is 12.4 Å². The largest absolute Gasteiger partial charge is 0.314 e. The normalized spacial score (nSPS) is 10.0. The van der Waals surface area contributed by atoms with Gasteiger partial charge in [0.25, 0.3) is 0 Å². The summed E-state index contributed by atoms with van der Waals surface area (Å²) < 4.78 is 0. The lowest BCUT2D eigenvalue weighted by Crippen LogP contribution is -2.07. The molecule has 0 spiro atoms. The third-order valence-corrected chi connectivity index (χ3v) is 1.48. The maximum Gasteiger partial charge on any atom is 0.0724 e. The van der Waals surface area contributed by atoms with Crippen molar-refractivity contribution in [1.82, 2.24) is 15.3 Å². The fourth-order valence-electron chi connectivity index (χ4n) is 0.836. The zero-order valence-electron chi connectivity index (χ0n) is 6.96. The molecule has 0 amide bonds. The highest BCUT2D eigenvalue weighted by atomic mass is 14.9. The van der Waals surface area contributed by atoms with Crippen LogP contribution >= 0.6 is 0 Å². The summed E-state index contributed by atoms with van der Waals surface area (Å²) in [4.78, 5) is 8.43. The van der Waals surface area contributed by atoms with E-state index in [0.29, 0.717) is 0 Å². The Labute approximate surface area is 66.9 Å². The van der Waals surface area contributed by atoms with Crippen molar-refractivity contribution in [2.75, 3.05) is 7.05 Å². The molecule has 11 heavy (non-hydrogen) atoms. The molecule has 1 aromatic rings. The lowest BCUT2D eigenvalue weighted by atomic mass is 10.3. The number of hydrogen-bond donors (Lipinski definition) is 1. The number of hydrogen-bond acceptors (Lipinski definition) is 3. The first-order valence-corrected chi connectivity index (χ1v) is 3.81. The topological polar surface area (TPSA) is 37.8 Å². The maximum atomic E-state index is 4.21. The van der Waals surface area contributed by atoms with Crippen LogP contribution in [0.2, 0.25) is 0 Å². The highest BCUT2D eigenvalue weighted by Crippen LogP contribution is 1.94. The molecule has 3 heteroatoms. The van der Waals surface area contributed by atoms with Crippen molar-refractivity contribution in [2.45, 2.75) is 19.9 Å². The molecule has 1 rings (SSSR count). The van der Waals surface area contributed by atoms with Crippen LogP contribution in [0.1, 0.15) is 18.3 Å². The number of aromatic nitrogens is 2. The van der Waals surface area contributed by atoms with Crippen molar-refractivity contribution >= 4 is 0 Å². The quantitative estimate of drug-likeness (QED) is 0.693. The van der Waals surface area contributed by atoms with Gasteiger partial charge < -0.3 is 5.32 Å². The van der Waals surface area contributed by atoms with E-state index in [1.54, 1.807) is 0 Å². The third kappa shape index (κ3) is 2.27. The van der Waals surface area contributed by atoms with Gasteiger partial charge in [-0.1, -0.05) is 6.92 Å². The van der Waals surface area contributed by atoms with Gasteiger partial charge in [-0.15, -0.1) is 0 Å². The van der Waals surface area contributed by atoms with Crippen LogP contribution in [0.3, 0.4) is 0 Å². The van der Waals surface area contributed by atoms with Gasteiger partial charge in [-0.3, -0.25) is 9.97 Å². The minimum Gasteiger partial charge on any atom is -0.314 e. The predicted octanol–water partition coefficient (Wildman–Crippen LogP) is 0.758.